The number of rotatable bonds is 7. The normalized spacial score (nSPS) is 15.9. The van der Waals surface area contributed by atoms with Gasteiger partial charge in [-0.05, 0) is 38.1 Å². The Kier molecular flexibility index (Phi) is 7.03. The molecule has 0 aliphatic carbocycles. The molecule has 0 radical (unpaired) electrons. The lowest BCUT2D eigenvalue weighted by Crippen LogP contribution is -2.39. The molecule has 1 amide bonds. The minimum absolute atomic E-state index is 0.154. The molecule has 0 unspecified atom stereocenters. The van der Waals surface area contributed by atoms with Crippen molar-refractivity contribution >= 4 is 11.7 Å². The first-order valence-electron chi connectivity index (χ1n) is 8.45. The fourth-order valence-electron chi connectivity index (χ4n) is 3.00. The number of nitrogens with zero attached hydrogens (tertiary/aromatic N) is 1. The first-order chi connectivity index (χ1) is 12.4. The maximum absolute atomic E-state index is 13.7. The molecule has 1 fully saturated rings. The molecule has 26 heavy (non-hydrogen) atoms. The highest BCUT2D eigenvalue weighted by Crippen LogP contribution is 2.22. The summed E-state index contributed by atoms with van der Waals surface area (Å²) in [5.74, 6) is -2.07. The number of halogens is 2. The van der Waals surface area contributed by atoms with Crippen LogP contribution in [0.2, 0.25) is 0 Å². The van der Waals surface area contributed by atoms with Crippen molar-refractivity contribution in [1.29, 1.82) is 0 Å². The number of likely N-dealkylation sites (tertiary alicyclic amines) is 1. The number of Topliss-reactive ketones (excluding diaryl/α,β-unsaturated/α-hetero) is 1. The van der Waals surface area contributed by atoms with Gasteiger partial charge in [-0.2, -0.15) is 0 Å². The van der Waals surface area contributed by atoms with Crippen LogP contribution >= 0.6 is 0 Å². The van der Waals surface area contributed by atoms with Gasteiger partial charge in [0.05, 0.1) is 0 Å². The monoisotopic (exact) mass is 363 g/mol. The molecule has 140 valence electrons. The van der Waals surface area contributed by atoms with E-state index in [1.54, 1.807) is 0 Å². The van der Waals surface area contributed by atoms with Crippen LogP contribution in [0, 0.1) is 17.6 Å². The molecule has 5 nitrogen and oxygen atoms in total. The van der Waals surface area contributed by atoms with E-state index >= 15 is 0 Å². The van der Waals surface area contributed by atoms with Crippen molar-refractivity contribution in [2.75, 3.05) is 19.6 Å². The molecule has 2 rings (SSSR count). The lowest BCUT2D eigenvalue weighted by atomic mass is 9.89. The van der Waals surface area contributed by atoms with Gasteiger partial charge in [-0.1, -0.05) is 12.6 Å². The molecular formula is C19H23F2N3O2. The van der Waals surface area contributed by atoms with Crippen LogP contribution in [-0.2, 0) is 16.0 Å². The number of amides is 1. The predicted octanol–water partition coefficient (Wildman–Crippen LogP) is 1.89. The molecule has 1 aliphatic heterocycles. The summed E-state index contributed by atoms with van der Waals surface area (Å²) in [5.41, 5.74) is 5.40. The van der Waals surface area contributed by atoms with Crippen LogP contribution in [-0.4, -0.2) is 36.2 Å². The van der Waals surface area contributed by atoms with Gasteiger partial charge in [0.2, 0.25) is 0 Å². The third-order valence-corrected chi connectivity index (χ3v) is 4.50. The molecule has 0 saturated carbocycles. The molecule has 0 aromatic heterocycles. The van der Waals surface area contributed by atoms with Crippen LogP contribution in [0.3, 0.4) is 0 Å². The van der Waals surface area contributed by atoms with Gasteiger partial charge in [-0.25, -0.2) is 8.78 Å². The average Bonchev–Trinajstić information content (AvgIpc) is 2.63. The fraction of sp³-hybridized carbons (Fsp3) is 0.368. The fourth-order valence-corrected chi connectivity index (χ4v) is 3.00. The van der Waals surface area contributed by atoms with Gasteiger partial charge in [-0.3, -0.25) is 14.5 Å². The van der Waals surface area contributed by atoms with Crippen LogP contribution in [0.1, 0.15) is 18.4 Å². The van der Waals surface area contributed by atoms with Crippen molar-refractivity contribution in [3.8, 4) is 0 Å². The van der Waals surface area contributed by atoms with Crippen LogP contribution in [0.4, 0.5) is 8.78 Å². The zero-order valence-electron chi connectivity index (χ0n) is 14.5. The number of benzene rings is 1. The van der Waals surface area contributed by atoms with Crippen molar-refractivity contribution in [2.45, 2.75) is 19.3 Å². The molecule has 3 N–H and O–H groups in total. The number of nitrogens with two attached hydrogens (primary N) is 1. The Labute approximate surface area is 151 Å². The summed E-state index contributed by atoms with van der Waals surface area (Å²) in [6.45, 7) is 5.39. The Morgan fingerprint density at radius 1 is 1.27 bits per heavy atom. The summed E-state index contributed by atoms with van der Waals surface area (Å²) in [6.07, 6.45) is 3.50. The summed E-state index contributed by atoms with van der Waals surface area (Å²) < 4.78 is 27.4. The number of carbonyl (C=O) groups is 2. The first-order valence-corrected chi connectivity index (χ1v) is 8.45. The summed E-state index contributed by atoms with van der Waals surface area (Å²) in [4.78, 5) is 26.1. The van der Waals surface area contributed by atoms with Gasteiger partial charge in [0, 0.05) is 42.4 Å². The Bertz CT molecular complexity index is 690. The van der Waals surface area contributed by atoms with Crippen LogP contribution in [0.25, 0.3) is 0 Å². The minimum Gasteiger partial charge on any atom is -0.403 e. The van der Waals surface area contributed by atoms with E-state index in [4.69, 9.17) is 5.73 Å². The molecule has 1 aromatic rings. The van der Waals surface area contributed by atoms with E-state index < -0.39 is 11.6 Å². The second kappa shape index (κ2) is 9.24. The van der Waals surface area contributed by atoms with Gasteiger partial charge in [-0.15, -0.1) is 0 Å². The van der Waals surface area contributed by atoms with E-state index in [0.717, 1.165) is 12.1 Å². The summed E-state index contributed by atoms with van der Waals surface area (Å²) in [6, 6.07) is 3.60. The molecule has 1 aliphatic rings. The van der Waals surface area contributed by atoms with Gasteiger partial charge in [0.25, 0.3) is 5.91 Å². The van der Waals surface area contributed by atoms with Crippen LogP contribution < -0.4 is 11.1 Å². The van der Waals surface area contributed by atoms with Gasteiger partial charge >= 0.3 is 0 Å². The van der Waals surface area contributed by atoms with Crippen molar-refractivity contribution in [3.05, 3.63) is 59.9 Å². The number of ketones is 1. The highest BCUT2D eigenvalue weighted by Gasteiger charge is 2.27. The minimum atomic E-state index is -0.690. The van der Waals surface area contributed by atoms with Crippen molar-refractivity contribution < 1.29 is 18.4 Å². The zero-order valence-corrected chi connectivity index (χ0v) is 14.5. The van der Waals surface area contributed by atoms with E-state index in [1.807, 2.05) is 4.90 Å². The maximum Gasteiger partial charge on any atom is 0.251 e. The third-order valence-electron chi connectivity index (χ3n) is 4.50. The summed E-state index contributed by atoms with van der Waals surface area (Å²) in [7, 11) is 0. The molecule has 1 saturated heterocycles. The average molecular weight is 363 g/mol. The quantitative estimate of drug-likeness (QED) is 0.726. The summed E-state index contributed by atoms with van der Waals surface area (Å²) >= 11 is 0. The second-order valence-electron chi connectivity index (χ2n) is 6.33. The molecule has 0 bridgehead atoms. The molecule has 0 atom stereocenters. The SMILES string of the molecule is C=C(CN1CCC(C(=O)Cc2c(F)cccc2F)CC1)C(=O)N/C=C\N. The second-order valence-corrected chi connectivity index (χ2v) is 6.33. The van der Waals surface area contributed by atoms with Crippen molar-refractivity contribution in [1.82, 2.24) is 10.2 Å². The van der Waals surface area contributed by atoms with Crippen molar-refractivity contribution in [2.24, 2.45) is 11.7 Å². The highest BCUT2D eigenvalue weighted by atomic mass is 19.1. The van der Waals surface area contributed by atoms with Gasteiger partial charge in [0.1, 0.15) is 17.4 Å². The predicted molar refractivity (Wildman–Crippen MR) is 94.8 cm³/mol. The lowest BCUT2D eigenvalue weighted by molar-refractivity contribution is -0.124. The van der Waals surface area contributed by atoms with Gasteiger partial charge < -0.3 is 11.1 Å². The zero-order chi connectivity index (χ0) is 19.1. The standard InChI is InChI=1S/C19H23F2N3O2/c1-13(19(26)23-8-7-22)12-24-9-5-14(6-10-24)18(25)11-15-16(20)3-2-4-17(15)21/h2-4,7-8,14H,1,5-6,9-12,22H2,(H,23,26)/b8-7-. The maximum atomic E-state index is 13.7. The smallest absolute Gasteiger partial charge is 0.251 e. The molecule has 1 aromatic carbocycles. The van der Waals surface area contributed by atoms with E-state index in [-0.39, 0.29) is 29.6 Å². The third kappa shape index (κ3) is 5.23. The Hall–Kier alpha value is -2.54. The van der Waals surface area contributed by atoms with Crippen molar-refractivity contribution in [3.63, 3.8) is 0 Å². The molecular weight excluding hydrogens is 340 g/mol. The summed E-state index contributed by atoms with van der Waals surface area (Å²) in [5, 5.41) is 2.49. The first kappa shape index (κ1) is 19.8. The Morgan fingerprint density at radius 2 is 1.88 bits per heavy atom. The molecule has 1 heterocycles. The number of hydrogen-bond donors (Lipinski definition) is 2. The Balaban J connectivity index is 1.83. The topological polar surface area (TPSA) is 75.4 Å². The number of carbonyl (C=O) groups excluding carboxylic acids is 2. The molecule has 7 heteroatoms. The number of nitrogens with one attached hydrogen (secondary N) is 1. The van der Waals surface area contributed by atoms with E-state index in [1.165, 1.54) is 18.5 Å². The highest BCUT2D eigenvalue weighted by molar-refractivity contribution is 5.93. The van der Waals surface area contributed by atoms with E-state index in [0.29, 0.717) is 38.0 Å². The van der Waals surface area contributed by atoms with E-state index in [9.17, 15) is 18.4 Å². The molecule has 0 spiro atoms. The van der Waals surface area contributed by atoms with Crippen LogP contribution in [0.15, 0.2) is 42.8 Å². The number of piperidine rings is 1. The lowest BCUT2D eigenvalue weighted by Gasteiger charge is -2.31. The van der Waals surface area contributed by atoms with Crippen LogP contribution in [0.5, 0.6) is 0 Å². The largest absolute Gasteiger partial charge is 0.403 e. The van der Waals surface area contributed by atoms with E-state index in [2.05, 4.69) is 11.9 Å². The van der Waals surface area contributed by atoms with Gasteiger partial charge in [0.15, 0.2) is 0 Å². The Morgan fingerprint density at radius 3 is 2.46 bits per heavy atom. The number of hydrogen-bond acceptors (Lipinski definition) is 4.